The van der Waals surface area contributed by atoms with Crippen LogP contribution in [0.5, 0.6) is 5.75 Å². The Labute approximate surface area is 238 Å². The van der Waals surface area contributed by atoms with Crippen molar-refractivity contribution in [2.24, 2.45) is 5.16 Å². The number of nitrogens with zero attached hydrogens (tertiary/aromatic N) is 2. The SMILES string of the molecule is CCCCCC/C(=N\OC(C)=O)C(=O)c1ccc2c(c1)c1cc(C(=O)c3ccccc3OC(C)=O)ccc1n2CC. The van der Waals surface area contributed by atoms with Gasteiger partial charge in [-0.25, -0.2) is 4.79 Å². The Kier molecular flexibility index (Phi) is 9.45. The van der Waals surface area contributed by atoms with Crippen molar-refractivity contribution in [3.63, 3.8) is 0 Å². The van der Waals surface area contributed by atoms with E-state index in [2.05, 4.69) is 16.6 Å². The Bertz CT molecular complexity index is 1660. The molecule has 1 aromatic heterocycles. The number of carbonyl (C=O) groups excluding carboxylic acids is 4. The highest BCUT2D eigenvalue weighted by Gasteiger charge is 2.21. The highest BCUT2D eigenvalue weighted by atomic mass is 16.7. The lowest BCUT2D eigenvalue weighted by Gasteiger charge is -2.08. The van der Waals surface area contributed by atoms with Crippen LogP contribution in [0.25, 0.3) is 21.8 Å². The van der Waals surface area contributed by atoms with Gasteiger partial charge in [-0.3, -0.25) is 14.4 Å². The van der Waals surface area contributed by atoms with Crippen molar-refractivity contribution in [1.29, 1.82) is 0 Å². The Morgan fingerprint density at radius 1 is 0.780 bits per heavy atom. The van der Waals surface area contributed by atoms with Crippen LogP contribution in [0.4, 0.5) is 0 Å². The molecule has 212 valence electrons. The number of ether oxygens (including phenoxy) is 1. The van der Waals surface area contributed by atoms with E-state index in [-0.39, 0.29) is 28.6 Å². The highest BCUT2D eigenvalue weighted by molar-refractivity contribution is 6.46. The van der Waals surface area contributed by atoms with E-state index < -0.39 is 11.9 Å². The van der Waals surface area contributed by atoms with E-state index in [9.17, 15) is 19.2 Å². The predicted molar refractivity (Wildman–Crippen MR) is 159 cm³/mol. The Hall–Kier alpha value is -4.59. The number of oxime groups is 1. The summed E-state index contributed by atoms with van der Waals surface area (Å²) in [5.41, 5.74) is 3.18. The molecule has 8 nitrogen and oxygen atoms in total. The molecule has 0 amide bonds. The molecule has 0 bridgehead atoms. The first-order chi connectivity index (χ1) is 19.7. The summed E-state index contributed by atoms with van der Waals surface area (Å²) in [6, 6.07) is 17.6. The van der Waals surface area contributed by atoms with Crippen molar-refractivity contribution >= 4 is 51.0 Å². The fourth-order valence-electron chi connectivity index (χ4n) is 4.99. The Morgan fingerprint density at radius 2 is 1.44 bits per heavy atom. The van der Waals surface area contributed by atoms with Crippen molar-refractivity contribution in [2.75, 3.05) is 0 Å². The van der Waals surface area contributed by atoms with Crippen LogP contribution in [0.3, 0.4) is 0 Å². The van der Waals surface area contributed by atoms with Crippen molar-refractivity contribution in [2.45, 2.75) is 66.3 Å². The number of para-hydroxylation sites is 1. The molecule has 0 saturated carbocycles. The molecule has 0 fully saturated rings. The van der Waals surface area contributed by atoms with Gasteiger partial charge in [-0.1, -0.05) is 43.5 Å². The second kappa shape index (κ2) is 13.2. The smallest absolute Gasteiger partial charge is 0.331 e. The van der Waals surface area contributed by atoms with Gasteiger partial charge in [0, 0.05) is 53.3 Å². The van der Waals surface area contributed by atoms with Crippen LogP contribution in [-0.2, 0) is 21.0 Å². The molecular weight excluding hydrogens is 520 g/mol. The van der Waals surface area contributed by atoms with Gasteiger partial charge in [-0.05, 0) is 68.3 Å². The van der Waals surface area contributed by atoms with Crippen LogP contribution in [-0.4, -0.2) is 33.8 Å². The molecule has 0 aliphatic carbocycles. The van der Waals surface area contributed by atoms with Gasteiger partial charge in [0.25, 0.3) is 0 Å². The van der Waals surface area contributed by atoms with Crippen LogP contribution in [0, 0.1) is 0 Å². The first-order valence-corrected chi connectivity index (χ1v) is 13.9. The van der Waals surface area contributed by atoms with E-state index in [1.807, 2.05) is 31.2 Å². The number of Topliss-reactive ketones (excluding diaryl/α,β-unsaturated/α-hetero) is 1. The largest absolute Gasteiger partial charge is 0.426 e. The fourth-order valence-corrected chi connectivity index (χ4v) is 4.99. The van der Waals surface area contributed by atoms with Crippen molar-refractivity contribution < 1.29 is 28.8 Å². The fraction of sp³-hybridized carbons (Fsp3) is 0.303. The third-order valence-electron chi connectivity index (χ3n) is 6.90. The molecule has 0 spiro atoms. The molecule has 8 heteroatoms. The third-order valence-corrected chi connectivity index (χ3v) is 6.90. The highest BCUT2D eigenvalue weighted by Crippen LogP contribution is 2.32. The molecule has 0 saturated heterocycles. The van der Waals surface area contributed by atoms with Gasteiger partial charge in [0.15, 0.2) is 5.78 Å². The number of fused-ring (bicyclic) bond motifs is 3. The number of rotatable bonds is 12. The minimum Gasteiger partial charge on any atom is -0.426 e. The van der Waals surface area contributed by atoms with Gasteiger partial charge >= 0.3 is 11.9 Å². The molecule has 0 atom stereocenters. The number of benzene rings is 3. The normalized spacial score (nSPS) is 11.6. The molecule has 0 radical (unpaired) electrons. The van der Waals surface area contributed by atoms with Crippen LogP contribution in [0.15, 0.2) is 65.8 Å². The summed E-state index contributed by atoms with van der Waals surface area (Å²) < 4.78 is 7.39. The number of carbonyl (C=O) groups is 4. The predicted octanol–water partition coefficient (Wildman–Crippen LogP) is 7.04. The molecule has 0 N–H and O–H groups in total. The van der Waals surface area contributed by atoms with E-state index in [0.29, 0.717) is 24.1 Å². The van der Waals surface area contributed by atoms with Crippen LogP contribution in [0.2, 0.25) is 0 Å². The number of aryl methyl sites for hydroxylation is 1. The summed E-state index contributed by atoms with van der Waals surface area (Å²) in [6.07, 6.45) is 4.22. The zero-order valence-corrected chi connectivity index (χ0v) is 23.9. The molecular formula is C33H34N2O6. The maximum Gasteiger partial charge on any atom is 0.331 e. The Morgan fingerprint density at radius 3 is 2.07 bits per heavy atom. The lowest BCUT2D eigenvalue weighted by Crippen LogP contribution is -2.16. The second-order valence-electron chi connectivity index (χ2n) is 9.89. The number of esters is 1. The summed E-state index contributed by atoms with van der Waals surface area (Å²) in [6.45, 7) is 7.37. The van der Waals surface area contributed by atoms with Crippen molar-refractivity contribution in [1.82, 2.24) is 4.57 Å². The molecule has 0 aliphatic heterocycles. The van der Waals surface area contributed by atoms with Crippen molar-refractivity contribution in [3.8, 4) is 5.75 Å². The average molecular weight is 555 g/mol. The monoisotopic (exact) mass is 554 g/mol. The van der Waals surface area contributed by atoms with Gasteiger partial charge in [0.05, 0.1) is 5.56 Å². The van der Waals surface area contributed by atoms with Gasteiger partial charge < -0.3 is 14.1 Å². The van der Waals surface area contributed by atoms with Gasteiger partial charge in [0.1, 0.15) is 11.5 Å². The number of hydrogen-bond donors (Lipinski definition) is 0. The summed E-state index contributed by atoms with van der Waals surface area (Å²) in [5.74, 6) is -1.47. The standard InChI is InChI=1S/C33H34N2O6/c1-5-7-8-9-13-28(34-41-22(4)37)33(39)24-16-18-30-27(20-24)26-19-23(15-17-29(26)35(30)6-2)32(38)25-12-10-11-14-31(25)40-21(3)36/h10-12,14-20H,5-9,13H2,1-4H3/b34-28+. The molecule has 3 aromatic carbocycles. The Balaban J connectivity index is 1.78. The van der Waals surface area contributed by atoms with Crippen LogP contribution in [0.1, 0.15) is 86.1 Å². The number of hydrogen-bond acceptors (Lipinski definition) is 7. The topological polar surface area (TPSA) is 104 Å². The van der Waals surface area contributed by atoms with Gasteiger partial charge in [0.2, 0.25) is 5.78 Å². The van der Waals surface area contributed by atoms with E-state index >= 15 is 0 Å². The third kappa shape index (κ3) is 6.60. The number of ketones is 2. The molecule has 0 aliphatic rings. The quantitative estimate of drug-likeness (QED) is 0.0354. The van der Waals surface area contributed by atoms with Crippen LogP contribution >= 0.6 is 0 Å². The summed E-state index contributed by atoms with van der Waals surface area (Å²) >= 11 is 0. The summed E-state index contributed by atoms with van der Waals surface area (Å²) in [4.78, 5) is 54.9. The lowest BCUT2D eigenvalue weighted by molar-refractivity contribution is -0.141. The van der Waals surface area contributed by atoms with E-state index in [0.717, 1.165) is 47.5 Å². The summed E-state index contributed by atoms with van der Waals surface area (Å²) in [7, 11) is 0. The van der Waals surface area contributed by atoms with Crippen LogP contribution < -0.4 is 4.74 Å². The second-order valence-corrected chi connectivity index (χ2v) is 9.89. The van der Waals surface area contributed by atoms with Crippen molar-refractivity contribution in [3.05, 3.63) is 77.4 Å². The first kappa shape index (κ1) is 29.4. The van der Waals surface area contributed by atoms with Gasteiger partial charge in [-0.15, -0.1) is 0 Å². The minimum atomic E-state index is -0.585. The maximum absolute atomic E-state index is 13.5. The number of unbranched alkanes of at least 4 members (excludes halogenated alkanes) is 3. The lowest BCUT2D eigenvalue weighted by atomic mass is 9.98. The summed E-state index contributed by atoms with van der Waals surface area (Å²) in [5, 5.41) is 5.52. The minimum absolute atomic E-state index is 0.201. The maximum atomic E-state index is 13.5. The average Bonchev–Trinajstić information content (AvgIpc) is 3.28. The van der Waals surface area contributed by atoms with E-state index in [1.165, 1.54) is 13.8 Å². The zero-order valence-electron chi connectivity index (χ0n) is 23.9. The van der Waals surface area contributed by atoms with Gasteiger partial charge in [-0.2, -0.15) is 0 Å². The first-order valence-electron chi connectivity index (χ1n) is 13.9. The molecule has 1 heterocycles. The number of aromatic nitrogens is 1. The molecule has 4 aromatic rings. The molecule has 0 unspecified atom stereocenters. The van der Waals surface area contributed by atoms with E-state index in [1.54, 1.807) is 36.4 Å². The molecule has 4 rings (SSSR count). The molecule has 41 heavy (non-hydrogen) atoms. The zero-order chi connectivity index (χ0) is 29.5. The van der Waals surface area contributed by atoms with E-state index in [4.69, 9.17) is 9.57 Å².